The van der Waals surface area contributed by atoms with E-state index in [1.165, 1.54) is 4.31 Å². The third kappa shape index (κ3) is 3.10. The molecule has 2 heterocycles. The van der Waals surface area contributed by atoms with Gasteiger partial charge in [0.1, 0.15) is 0 Å². The van der Waals surface area contributed by atoms with Crippen LogP contribution >= 0.6 is 11.8 Å². The Bertz CT molecular complexity index is 926. The van der Waals surface area contributed by atoms with E-state index < -0.39 is 10.0 Å². The van der Waals surface area contributed by atoms with Crippen molar-refractivity contribution in [2.45, 2.75) is 29.1 Å². The highest BCUT2D eigenvalue weighted by atomic mass is 32.2. The zero-order chi connectivity index (χ0) is 18.1. The van der Waals surface area contributed by atoms with Gasteiger partial charge in [-0.05, 0) is 55.0 Å². The lowest BCUT2D eigenvalue weighted by molar-refractivity contribution is -0.117. The Kier molecular flexibility index (Phi) is 4.67. The molecule has 136 valence electrons. The number of para-hydroxylation sites is 1. The summed E-state index contributed by atoms with van der Waals surface area (Å²) in [5.74, 6) is 0.998. The molecule has 0 atom stereocenters. The third-order valence-corrected chi connectivity index (χ3v) is 7.68. The van der Waals surface area contributed by atoms with Gasteiger partial charge in [-0.25, -0.2) is 8.42 Å². The van der Waals surface area contributed by atoms with Crippen molar-refractivity contribution in [1.82, 2.24) is 0 Å². The molecule has 0 aromatic heterocycles. The summed E-state index contributed by atoms with van der Waals surface area (Å²) in [5.41, 5.74) is 1.51. The minimum Gasteiger partial charge on any atom is -0.312 e. The van der Waals surface area contributed by atoms with Gasteiger partial charge in [0, 0.05) is 30.1 Å². The van der Waals surface area contributed by atoms with E-state index >= 15 is 0 Å². The van der Waals surface area contributed by atoms with Crippen molar-refractivity contribution < 1.29 is 13.2 Å². The monoisotopic (exact) mass is 388 g/mol. The summed E-state index contributed by atoms with van der Waals surface area (Å²) in [5, 5.41) is 0. The van der Waals surface area contributed by atoms with E-state index in [0.717, 1.165) is 34.9 Å². The molecule has 1 amide bonds. The molecule has 0 N–H and O–H groups in total. The fourth-order valence-electron chi connectivity index (χ4n) is 3.39. The number of hydrogen-bond donors (Lipinski definition) is 0. The first kappa shape index (κ1) is 17.4. The van der Waals surface area contributed by atoms with Gasteiger partial charge in [0.05, 0.1) is 10.6 Å². The molecule has 26 heavy (non-hydrogen) atoms. The molecular formula is C19H20N2O3S2. The SMILES string of the molecule is O=C1CCCN1c1ccc(S(=O)(=O)N2CCCSc3ccccc32)cc1. The number of rotatable bonds is 3. The standard InChI is InChI=1S/C19H20N2O3S2/c22-19-7-3-12-20(19)15-8-10-16(11-9-15)26(23,24)21-13-4-14-25-18-6-2-1-5-17(18)21/h1-2,5-6,8-11H,3-4,7,12-14H2. The lowest BCUT2D eigenvalue weighted by Crippen LogP contribution is -2.32. The van der Waals surface area contributed by atoms with E-state index in [4.69, 9.17) is 0 Å². The average molecular weight is 389 g/mol. The van der Waals surface area contributed by atoms with Gasteiger partial charge in [-0.2, -0.15) is 0 Å². The quantitative estimate of drug-likeness (QED) is 0.807. The Hall–Kier alpha value is -1.99. The number of carbonyl (C=O) groups is 1. The number of sulfonamides is 1. The highest BCUT2D eigenvalue weighted by molar-refractivity contribution is 7.99. The largest absolute Gasteiger partial charge is 0.312 e. The number of fused-ring (bicyclic) bond motifs is 1. The molecule has 0 aliphatic carbocycles. The van der Waals surface area contributed by atoms with Crippen molar-refractivity contribution >= 4 is 39.1 Å². The zero-order valence-corrected chi connectivity index (χ0v) is 15.9. The molecule has 2 aromatic rings. The number of amides is 1. The molecule has 0 bridgehead atoms. The molecule has 5 nitrogen and oxygen atoms in total. The van der Waals surface area contributed by atoms with Crippen LogP contribution in [0.4, 0.5) is 11.4 Å². The Balaban J connectivity index is 1.67. The van der Waals surface area contributed by atoms with Crippen molar-refractivity contribution in [3.8, 4) is 0 Å². The molecule has 1 fully saturated rings. The number of hydrogen-bond acceptors (Lipinski definition) is 4. The second kappa shape index (κ2) is 6.96. The molecule has 0 saturated carbocycles. The summed E-state index contributed by atoms with van der Waals surface area (Å²) in [7, 11) is -3.64. The van der Waals surface area contributed by atoms with Gasteiger partial charge in [0.2, 0.25) is 5.91 Å². The molecule has 0 unspecified atom stereocenters. The summed E-state index contributed by atoms with van der Waals surface area (Å²) in [6.45, 7) is 1.17. The Morgan fingerprint density at radius 3 is 2.42 bits per heavy atom. The van der Waals surface area contributed by atoms with Crippen LogP contribution in [0, 0.1) is 0 Å². The molecule has 0 radical (unpaired) electrons. The molecule has 1 saturated heterocycles. The molecule has 0 spiro atoms. The van der Waals surface area contributed by atoms with Crippen LogP contribution in [0.1, 0.15) is 19.3 Å². The van der Waals surface area contributed by atoms with Crippen molar-refractivity contribution in [1.29, 1.82) is 0 Å². The second-order valence-electron chi connectivity index (χ2n) is 6.39. The summed E-state index contributed by atoms with van der Waals surface area (Å²) < 4.78 is 28.0. The summed E-state index contributed by atoms with van der Waals surface area (Å²) >= 11 is 1.69. The van der Waals surface area contributed by atoms with E-state index in [1.54, 1.807) is 40.9 Å². The molecule has 4 rings (SSSR count). The van der Waals surface area contributed by atoms with Crippen LogP contribution in [-0.2, 0) is 14.8 Å². The van der Waals surface area contributed by atoms with Crippen LogP contribution in [0.25, 0.3) is 0 Å². The molecular weight excluding hydrogens is 368 g/mol. The maximum Gasteiger partial charge on any atom is 0.264 e. The van der Waals surface area contributed by atoms with Gasteiger partial charge in [-0.1, -0.05) is 12.1 Å². The maximum atomic E-state index is 13.2. The first-order valence-electron chi connectivity index (χ1n) is 8.72. The fourth-order valence-corrected chi connectivity index (χ4v) is 5.97. The van der Waals surface area contributed by atoms with E-state index in [2.05, 4.69) is 0 Å². The lowest BCUT2D eigenvalue weighted by Gasteiger charge is -2.24. The average Bonchev–Trinajstić information content (AvgIpc) is 2.96. The van der Waals surface area contributed by atoms with Crippen LogP contribution in [0.2, 0.25) is 0 Å². The summed E-state index contributed by atoms with van der Waals surface area (Å²) in [6.07, 6.45) is 2.21. The smallest absolute Gasteiger partial charge is 0.264 e. The fraction of sp³-hybridized carbons (Fsp3) is 0.316. The number of carbonyl (C=O) groups excluding carboxylic acids is 1. The molecule has 2 aliphatic heterocycles. The van der Waals surface area contributed by atoms with Crippen LogP contribution in [0.15, 0.2) is 58.3 Å². The van der Waals surface area contributed by atoms with Crippen molar-refractivity contribution in [2.24, 2.45) is 0 Å². The minimum atomic E-state index is -3.64. The predicted octanol–water partition coefficient (Wildman–Crippen LogP) is 3.50. The maximum absolute atomic E-state index is 13.2. The van der Waals surface area contributed by atoms with Gasteiger partial charge in [-0.3, -0.25) is 9.10 Å². The van der Waals surface area contributed by atoms with Gasteiger partial charge < -0.3 is 4.90 Å². The van der Waals surface area contributed by atoms with E-state index in [1.807, 2.05) is 24.3 Å². The number of benzene rings is 2. The third-order valence-electron chi connectivity index (χ3n) is 4.71. The minimum absolute atomic E-state index is 0.0964. The Morgan fingerprint density at radius 1 is 0.923 bits per heavy atom. The van der Waals surface area contributed by atoms with Crippen LogP contribution in [0.3, 0.4) is 0 Å². The topological polar surface area (TPSA) is 57.7 Å². The van der Waals surface area contributed by atoms with Crippen molar-refractivity contribution in [3.05, 3.63) is 48.5 Å². The molecule has 2 aliphatic rings. The second-order valence-corrected chi connectivity index (χ2v) is 9.39. The summed E-state index contributed by atoms with van der Waals surface area (Å²) in [4.78, 5) is 14.8. The highest BCUT2D eigenvalue weighted by Gasteiger charge is 2.29. The zero-order valence-electron chi connectivity index (χ0n) is 14.3. The Labute approximate surface area is 158 Å². The van der Waals surface area contributed by atoms with Crippen LogP contribution in [0.5, 0.6) is 0 Å². The summed E-state index contributed by atoms with van der Waals surface area (Å²) in [6, 6.07) is 14.3. The van der Waals surface area contributed by atoms with Crippen LogP contribution < -0.4 is 9.21 Å². The molecule has 7 heteroatoms. The number of thioether (sulfide) groups is 1. The first-order chi connectivity index (χ1) is 12.6. The van der Waals surface area contributed by atoms with Gasteiger partial charge in [-0.15, -0.1) is 11.8 Å². The van der Waals surface area contributed by atoms with Crippen molar-refractivity contribution in [2.75, 3.05) is 28.0 Å². The van der Waals surface area contributed by atoms with Crippen LogP contribution in [-0.4, -0.2) is 33.2 Å². The van der Waals surface area contributed by atoms with Gasteiger partial charge in [0.25, 0.3) is 10.0 Å². The van der Waals surface area contributed by atoms with Crippen molar-refractivity contribution in [3.63, 3.8) is 0 Å². The molecule has 2 aromatic carbocycles. The van der Waals surface area contributed by atoms with Gasteiger partial charge in [0.15, 0.2) is 0 Å². The van der Waals surface area contributed by atoms with E-state index in [0.29, 0.717) is 19.5 Å². The highest BCUT2D eigenvalue weighted by Crippen LogP contribution is 2.36. The first-order valence-corrected chi connectivity index (χ1v) is 11.1. The van der Waals surface area contributed by atoms with E-state index in [9.17, 15) is 13.2 Å². The Morgan fingerprint density at radius 2 is 1.69 bits per heavy atom. The number of anilines is 2. The predicted molar refractivity (Wildman–Crippen MR) is 104 cm³/mol. The lowest BCUT2D eigenvalue weighted by atomic mass is 10.3. The van der Waals surface area contributed by atoms with E-state index in [-0.39, 0.29) is 10.8 Å². The van der Waals surface area contributed by atoms with Gasteiger partial charge >= 0.3 is 0 Å². The normalized spacial score (nSPS) is 17.9. The number of nitrogens with zero attached hydrogens (tertiary/aromatic N) is 2.